The SMILES string of the molecule is Cn1c2ccccc2c2ccc(-c3cc(-c4ccccc4)nc(-c4ccccn4)c3)cc21. The summed E-state index contributed by atoms with van der Waals surface area (Å²) in [5.74, 6) is 0. The van der Waals surface area contributed by atoms with E-state index in [1.54, 1.807) is 0 Å². The van der Waals surface area contributed by atoms with Crippen molar-refractivity contribution in [2.45, 2.75) is 0 Å². The lowest BCUT2D eigenvalue weighted by Gasteiger charge is -2.10. The minimum Gasteiger partial charge on any atom is -0.344 e. The van der Waals surface area contributed by atoms with Crippen LogP contribution >= 0.6 is 0 Å². The van der Waals surface area contributed by atoms with Crippen LogP contribution in [0.5, 0.6) is 0 Å². The highest BCUT2D eigenvalue weighted by molar-refractivity contribution is 6.09. The lowest BCUT2D eigenvalue weighted by Crippen LogP contribution is -1.93. The van der Waals surface area contributed by atoms with E-state index in [1.165, 1.54) is 27.4 Å². The van der Waals surface area contributed by atoms with Crippen molar-refractivity contribution < 1.29 is 0 Å². The van der Waals surface area contributed by atoms with Crippen molar-refractivity contribution in [3.05, 3.63) is 109 Å². The van der Waals surface area contributed by atoms with Crippen LogP contribution in [0.3, 0.4) is 0 Å². The number of hydrogen-bond donors (Lipinski definition) is 0. The summed E-state index contributed by atoms with van der Waals surface area (Å²) in [6.07, 6.45) is 1.81. The molecule has 3 heteroatoms. The maximum absolute atomic E-state index is 4.95. The van der Waals surface area contributed by atoms with Crippen molar-refractivity contribution in [3.8, 4) is 33.8 Å². The molecule has 32 heavy (non-hydrogen) atoms. The number of hydrogen-bond acceptors (Lipinski definition) is 2. The summed E-state index contributed by atoms with van der Waals surface area (Å²) in [7, 11) is 2.13. The molecule has 0 radical (unpaired) electrons. The molecule has 0 N–H and O–H groups in total. The van der Waals surface area contributed by atoms with E-state index >= 15 is 0 Å². The molecule has 152 valence electrons. The van der Waals surface area contributed by atoms with Gasteiger partial charge in [0.15, 0.2) is 0 Å². The normalized spacial score (nSPS) is 11.3. The van der Waals surface area contributed by atoms with E-state index in [0.29, 0.717) is 0 Å². The zero-order chi connectivity index (χ0) is 21.5. The number of aryl methyl sites for hydroxylation is 1. The lowest BCUT2D eigenvalue weighted by molar-refractivity contribution is 1.01. The van der Waals surface area contributed by atoms with Crippen LogP contribution in [0, 0.1) is 0 Å². The number of fused-ring (bicyclic) bond motifs is 3. The summed E-state index contributed by atoms with van der Waals surface area (Å²) in [5.41, 5.74) is 8.55. The molecule has 6 aromatic rings. The molecular formula is C29H21N3. The Labute approximate surface area is 186 Å². The molecule has 0 bridgehead atoms. The van der Waals surface area contributed by atoms with Gasteiger partial charge in [-0.2, -0.15) is 0 Å². The molecule has 0 aliphatic heterocycles. The summed E-state index contributed by atoms with van der Waals surface area (Å²) in [5, 5.41) is 2.56. The average molecular weight is 412 g/mol. The minimum absolute atomic E-state index is 0.872. The van der Waals surface area contributed by atoms with E-state index in [9.17, 15) is 0 Å². The highest BCUT2D eigenvalue weighted by Gasteiger charge is 2.12. The third-order valence-electron chi connectivity index (χ3n) is 6.07. The summed E-state index contributed by atoms with van der Waals surface area (Å²) in [6, 6.07) is 35.9. The van der Waals surface area contributed by atoms with Gasteiger partial charge in [0.25, 0.3) is 0 Å². The Morgan fingerprint density at radius 3 is 2.12 bits per heavy atom. The van der Waals surface area contributed by atoms with Crippen LogP contribution in [-0.4, -0.2) is 14.5 Å². The van der Waals surface area contributed by atoms with Crippen molar-refractivity contribution in [2.75, 3.05) is 0 Å². The molecule has 0 amide bonds. The fourth-order valence-corrected chi connectivity index (χ4v) is 4.44. The number of pyridine rings is 2. The summed E-state index contributed by atoms with van der Waals surface area (Å²) in [4.78, 5) is 9.49. The second-order valence-electron chi connectivity index (χ2n) is 8.02. The van der Waals surface area contributed by atoms with E-state index in [1.807, 2.05) is 42.6 Å². The monoisotopic (exact) mass is 411 g/mol. The van der Waals surface area contributed by atoms with Gasteiger partial charge in [-0.05, 0) is 47.5 Å². The Bertz CT molecular complexity index is 1510. The van der Waals surface area contributed by atoms with Gasteiger partial charge in [-0.25, -0.2) is 4.98 Å². The van der Waals surface area contributed by atoms with E-state index in [0.717, 1.165) is 28.2 Å². The molecule has 0 aliphatic rings. The van der Waals surface area contributed by atoms with E-state index < -0.39 is 0 Å². The molecule has 3 heterocycles. The molecule has 0 unspecified atom stereocenters. The van der Waals surface area contributed by atoms with Crippen LogP contribution in [0.2, 0.25) is 0 Å². The summed E-state index contributed by atoms with van der Waals surface area (Å²) >= 11 is 0. The molecule has 0 saturated carbocycles. The Morgan fingerprint density at radius 1 is 0.531 bits per heavy atom. The van der Waals surface area contributed by atoms with Gasteiger partial charge in [-0.3, -0.25) is 4.98 Å². The van der Waals surface area contributed by atoms with Crippen LogP contribution in [0.25, 0.3) is 55.6 Å². The molecule has 0 aliphatic carbocycles. The van der Waals surface area contributed by atoms with Gasteiger partial charge >= 0.3 is 0 Å². The topological polar surface area (TPSA) is 30.7 Å². The fraction of sp³-hybridized carbons (Fsp3) is 0.0345. The van der Waals surface area contributed by atoms with Gasteiger partial charge in [0.1, 0.15) is 0 Å². The van der Waals surface area contributed by atoms with Gasteiger partial charge in [-0.15, -0.1) is 0 Å². The van der Waals surface area contributed by atoms with Crippen molar-refractivity contribution in [2.24, 2.45) is 7.05 Å². The second-order valence-corrected chi connectivity index (χ2v) is 8.02. The smallest absolute Gasteiger partial charge is 0.0899 e. The van der Waals surface area contributed by atoms with E-state index in [-0.39, 0.29) is 0 Å². The van der Waals surface area contributed by atoms with Crippen molar-refractivity contribution in [3.63, 3.8) is 0 Å². The summed E-state index contributed by atoms with van der Waals surface area (Å²) in [6.45, 7) is 0. The van der Waals surface area contributed by atoms with E-state index in [4.69, 9.17) is 4.98 Å². The standard InChI is InChI=1S/C29H21N3/c1-32-28-13-6-5-11-23(28)24-15-14-21(19-29(24)32)22-17-26(20-9-3-2-4-10-20)31-27(18-22)25-12-7-8-16-30-25/h2-19H,1H3. The minimum atomic E-state index is 0.872. The first-order valence-corrected chi connectivity index (χ1v) is 10.7. The van der Waals surface area contributed by atoms with Crippen LogP contribution in [0.1, 0.15) is 0 Å². The maximum atomic E-state index is 4.95. The number of para-hydroxylation sites is 1. The Morgan fingerprint density at radius 2 is 1.28 bits per heavy atom. The van der Waals surface area contributed by atoms with E-state index in [2.05, 4.69) is 83.3 Å². The molecule has 0 fully saturated rings. The second kappa shape index (κ2) is 7.47. The molecule has 3 nitrogen and oxygen atoms in total. The largest absolute Gasteiger partial charge is 0.344 e. The van der Waals surface area contributed by atoms with Crippen LogP contribution < -0.4 is 0 Å². The third kappa shape index (κ3) is 3.07. The lowest BCUT2D eigenvalue weighted by atomic mass is 10.00. The number of benzene rings is 3. The van der Waals surface area contributed by atoms with Gasteiger partial charge in [0.05, 0.1) is 17.1 Å². The maximum Gasteiger partial charge on any atom is 0.0899 e. The highest BCUT2D eigenvalue weighted by Crippen LogP contribution is 2.34. The van der Waals surface area contributed by atoms with Crippen molar-refractivity contribution in [1.29, 1.82) is 0 Å². The fourth-order valence-electron chi connectivity index (χ4n) is 4.44. The number of rotatable bonds is 3. The molecular weight excluding hydrogens is 390 g/mol. The first-order chi connectivity index (χ1) is 15.8. The highest BCUT2D eigenvalue weighted by atomic mass is 14.9. The van der Waals surface area contributed by atoms with Gasteiger partial charge in [0.2, 0.25) is 0 Å². The molecule has 6 rings (SSSR count). The van der Waals surface area contributed by atoms with Crippen LogP contribution in [0.15, 0.2) is 109 Å². The zero-order valence-electron chi connectivity index (χ0n) is 17.7. The van der Waals surface area contributed by atoms with Crippen molar-refractivity contribution in [1.82, 2.24) is 14.5 Å². The predicted octanol–water partition coefficient (Wildman–Crippen LogP) is 7.12. The van der Waals surface area contributed by atoms with Gasteiger partial charge in [0, 0.05) is 40.6 Å². The van der Waals surface area contributed by atoms with Crippen LogP contribution in [0.4, 0.5) is 0 Å². The molecule has 3 aromatic heterocycles. The molecule has 3 aromatic carbocycles. The van der Waals surface area contributed by atoms with Gasteiger partial charge in [-0.1, -0.05) is 66.7 Å². The zero-order valence-corrected chi connectivity index (χ0v) is 17.7. The Balaban J connectivity index is 1.58. The number of nitrogens with zero attached hydrogens (tertiary/aromatic N) is 3. The quantitative estimate of drug-likeness (QED) is 0.310. The van der Waals surface area contributed by atoms with Gasteiger partial charge < -0.3 is 4.57 Å². The first-order valence-electron chi connectivity index (χ1n) is 10.7. The third-order valence-corrected chi connectivity index (χ3v) is 6.07. The van der Waals surface area contributed by atoms with Crippen LogP contribution in [-0.2, 0) is 7.05 Å². The summed E-state index contributed by atoms with van der Waals surface area (Å²) < 4.78 is 2.27. The predicted molar refractivity (Wildman–Crippen MR) is 132 cm³/mol. The molecule has 0 saturated heterocycles. The van der Waals surface area contributed by atoms with Crippen molar-refractivity contribution >= 4 is 21.8 Å². The number of aromatic nitrogens is 3. The first kappa shape index (κ1) is 18.5. The molecule has 0 spiro atoms. The Kier molecular flexibility index (Phi) is 4.32. The molecule has 0 atom stereocenters. The Hall–Kier alpha value is -4.24. The average Bonchev–Trinajstić information content (AvgIpc) is 3.16.